The molecule has 2 aromatic rings. The van der Waals surface area contributed by atoms with Crippen LogP contribution < -0.4 is 9.80 Å². The van der Waals surface area contributed by atoms with E-state index < -0.39 is 0 Å². The summed E-state index contributed by atoms with van der Waals surface area (Å²) in [5.74, 6) is 2.20. The molecule has 3 rings (SSSR count). The van der Waals surface area contributed by atoms with Gasteiger partial charge in [-0.1, -0.05) is 19.1 Å². The lowest BCUT2D eigenvalue weighted by atomic mass is 10.2. The predicted molar refractivity (Wildman–Crippen MR) is 88.7 cm³/mol. The van der Waals surface area contributed by atoms with Crippen molar-refractivity contribution in [1.82, 2.24) is 9.97 Å². The molecular weight excluding hydrogens is 276 g/mol. The van der Waals surface area contributed by atoms with Crippen LogP contribution in [-0.2, 0) is 6.42 Å². The Morgan fingerprint density at radius 2 is 1.73 bits per heavy atom. The molecule has 1 fully saturated rings. The molecule has 0 spiro atoms. The quantitative estimate of drug-likeness (QED) is 0.943. The van der Waals surface area contributed by atoms with Crippen molar-refractivity contribution in [3.05, 3.63) is 41.9 Å². The van der Waals surface area contributed by atoms with Crippen LogP contribution in [0.3, 0.4) is 0 Å². The molecule has 0 amide bonds. The largest absolute Gasteiger partial charge is 0.506 e. The Kier molecular flexibility index (Phi) is 4.13. The van der Waals surface area contributed by atoms with Crippen molar-refractivity contribution in [3.8, 4) is 5.75 Å². The average molecular weight is 298 g/mol. The van der Waals surface area contributed by atoms with Crippen LogP contribution in [0.25, 0.3) is 0 Å². The van der Waals surface area contributed by atoms with Crippen molar-refractivity contribution in [2.45, 2.75) is 20.3 Å². The topological polar surface area (TPSA) is 52.5 Å². The normalized spacial score (nSPS) is 15.2. The molecule has 1 N–H and O–H groups in total. The zero-order valence-electron chi connectivity index (χ0n) is 13.2. The van der Waals surface area contributed by atoms with Gasteiger partial charge in [0.25, 0.3) is 0 Å². The van der Waals surface area contributed by atoms with E-state index in [1.165, 1.54) is 0 Å². The van der Waals surface area contributed by atoms with Gasteiger partial charge >= 0.3 is 0 Å². The molecule has 0 aliphatic carbocycles. The Hall–Kier alpha value is -2.30. The lowest BCUT2D eigenvalue weighted by molar-refractivity contribution is 0.472. The number of hydrogen-bond acceptors (Lipinski definition) is 5. The van der Waals surface area contributed by atoms with Gasteiger partial charge in [-0.25, -0.2) is 9.97 Å². The van der Waals surface area contributed by atoms with Gasteiger partial charge in [-0.2, -0.15) is 0 Å². The molecule has 22 heavy (non-hydrogen) atoms. The van der Waals surface area contributed by atoms with Gasteiger partial charge in [-0.3, -0.25) is 0 Å². The number of aromatic nitrogens is 2. The summed E-state index contributed by atoms with van der Waals surface area (Å²) in [7, 11) is 0. The van der Waals surface area contributed by atoms with Crippen LogP contribution in [0.4, 0.5) is 11.5 Å². The molecule has 0 saturated carbocycles. The van der Waals surface area contributed by atoms with Gasteiger partial charge in [0.2, 0.25) is 0 Å². The number of aromatic hydroxyl groups is 1. The summed E-state index contributed by atoms with van der Waals surface area (Å²) in [6.45, 7) is 7.61. The van der Waals surface area contributed by atoms with E-state index in [9.17, 15) is 5.11 Å². The summed E-state index contributed by atoms with van der Waals surface area (Å²) in [5.41, 5.74) is 2.00. The number of hydrogen-bond donors (Lipinski definition) is 1. The van der Waals surface area contributed by atoms with E-state index in [2.05, 4.69) is 32.8 Å². The van der Waals surface area contributed by atoms with E-state index in [0.717, 1.165) is 55.6 Å². The number of nitrogens with zero attached hydrogens (tertiary/aromatic N) is 4. The Morgan fingerprint density at radius 1 is 1.05 bits per heavy atom. The Morgan fingerprint density at radius 3 is 2.41 bits per heavy atom. The maximum atomic E-state index is 9.97. The van der Waals surface area contributed by atoms with Crippen LogP contribution in [0.1, 0.15) is 18.4 Å². The van der Waals surface area contributed by atoms with Crippen LogP contribution >= 0.6 is 0 Å². The van der Waals surface area contributed by atoms with Crippen molar-refractivity contribution >= 4 is 11.5 Å². The Balaban J connectivity index is 1.72. The first-order chi connectivity index (χ1) is 10.7. The maximum Gasteiger partial charge on any atom is 0.138 e. The Labute approximate surface area is 131 Å². The van der Waals surface area contributed by atoms with E-state index in [1.807, 2.05) is 25.1 Å². The van der Waals surface area contributed by atoms with Crippen molar-refractivity contribution < 1.29 is 5.11 Å². The molecule has 0 atom stereocenters. The van der Waals surface area contributed by atoms with E-state index in [-0.39, 0.29) is 0 Å². The second-order valence-corrected chi connectivity index (χ2v) is 5.58. The third-order valence-corrected chi connectivity index (χ3v) is 4.07. The summed E-state index contributed by atoms with van der Waals surface area (Å²) in [4.78, 5) is 13.5. The van der Waals surface area contributed by atoms with Gasteiger partial charge in [-0.15, -0.1) is 0 Å². The van der Waals surface area contributed by atoms with E-state index in [0.29, 0.717) is 5.75 Å². The summed E-state index contributed by atoms with van der Waals surface area (Å²) < 4.78 is 0. The fourth-order valence-corrected chi connectivity index (χ4v) is 2.86. The Bertz CT molecular complexity index is 651. The number of phenols is 1. The van der Waals surface area contributed by atoms with Crippen LogP contribution in [0.15, 0.2) is 30.3 Å². The van der Waals surface area contributed by atoms with Crippen LogP contribution in [0.5, 0.6) is 5.75 Å². The smallest absolute Gasteiger partial charge is 0.138 e. The number of para-hydroxylation sites is 2. The molecule has 0 unspecified atom stereocenters. The zero-order valence-corrected chi connectivity index (χ0v) is 13.2. The van der Waals surface area contributed by atoms with Gasteiger partial charge in [0.15, 0.2) is 0 Å². The van der Waals surface area contributed by atoms with Crippen molar-refractivity contribution in [3.63, 3.8) is 0 Å². The first kappa shape index (κ1) is 14.6. The summed E-state index contributed by atoms with van der Waals surface area (Å²) in [5, 5.41) is 9.97. The monoisotopic (exact) mass is 298 g/mol. The standard InChI is InChI=1S/C17H22N4O/c1-3-14-12-17(19-13(2)18-14)21-10-8-20(9-11-21)15-6-4-5-7-16(15)22/h4-7,12,22H,3,8-11H2,1-2H3. The average Bonchev–Trinajstić information content (AvgIpc) is 2.55. The van der Waals surface area contributed by atoms with Crippen LogP contribution in [0, 0.1) is 6.92 Å². The molecule has 1 aliphatic rings. The van der Waals surface area contributed by atoms with Crippen molar-refractivity contribution in [1.29, 1.82) is 0 Å². The molecule has 0 radical (unpaired) electrons. The van der Waals surface area contributed by atoms with Crippen LogP contribution in [-0.4, -0.2) is 41.3 Å². The van der Waals surface area contributed by atoms with Gasteiger partial charge in [-0.05, 0) is 25.5 Å². The van der Waals surface area contributed by atoms with Gasteiger partial charge in [0.05, 0.1) is 5.69 Å². The second-order valence-electron chi connectivity index (χ2n) is 5.58. The number of anilines is 2. The highest BCUT2D eigenvalue weighted by molar-refractivity contribution is 5.58. The number of phenolic OH excluding ortho intramolecular Hbond substituents is 1. The highest BCUT2D eigenvalue weighted by atomic mass is 16.3. The third-order valence-electron chi connectivity index (χ3n) is 4.07. The number of aryl methyl sites for hydroxylation is 2. The summed E-state index contributed by atoms with van der Waals surface area (Å²) in [6.07, 6.45) is 0.925. The summed E-state index contributed by atoms with van der Waals surface area (Å²) in [6, 6.07) is 9.61. The van der Waals surface area contributed by atoms with E-state index >= 15 is 0 Å². The fraction of sp³-hybridized carbons (Fsp3) is 0.412. The predicted octanol–water partition coefficient (Wildman–Crippen LogP) is 2.38. The van der Waals surface area contributed by atoms with Crippen molar-refractivity contribution in [2.24, 2.45) is 0 Å². The lowest BCUT2D eigenvalue weighted by Gasteiger charge is -2.37. The minimum atomic E-state index is 0.349. The van der Waals surface area contributed by atoms with Crippen LogP contribution in [0.2, 0.25) is 0 Å². The molecule has 2 heterocycles. The molecular formula is C17H22N4O. The third kappa shape index (κ3) is 2.98. The van der Waals surface area contributed by atoms with Gasteiger partial charge in [0, 0.05) is 37.9 Å². The molecule has 1 aliphatic heterocycles. The molecule has 0 bridgehead atoms. The van der Waals surface area contributed by atoms with Gasteiger partial charge in [0.1, 0.15) is 17.4 Å². The molecule has 5 heteroatoms. The molecule has 1 aromatic heterocycles. The first-order valence-electron chi connectivity index (χ1n) is 7.80. The van der Waals surface area contributed by atoms with E-state index in [1.54, 1.807) is 6.07 Å². The SMILES string of the molecule is CCc1cc(N2CCN(c3ccccc3O)CC2)nc(C)n1. The fourth-order valence-electron chi connectivity index (χ4n) is 2.86. The number of benzene rings is 1. The zero-order chi connectivity index (χ0) is 15.5. The molecule has 116 valence electrons. The van der Waals surface area contributed by atoms with E-state index in [4.69, 9.17) is 0 Å². The molecule has 1 saturated heterocycles. The molecule has 1 aromatic carbocycles. The minimum absolute atomic E-state index is 0.349. The first-order valence-corrected chi connectivity index (χ1v) is 7.80. The summed E-state index contributed by atoms with van der Waals surface area (Å²) >= 11 is 0. The highest BCUT2D eigenvalue weighted by Gasteiger charge is 2.20. The van der Waals surface area contributed by atoms with Gasteiger partial charge < -0.3 is 14.9 Å². The lowest BCUT2D eigenvalue weighted by Crippen LogP contribution is -2.47. The minimum Gasteiger partial charge on any atom is -0.506 e. The number of piperazine rings is 1. The molecule has 5 nitrogen and oxygen atoms in total. The maximum absolute atomic E-state index is 9.97. The van der Waals surface area contributed by atoms with Crippen molar-refractivity contribution in [2.75, 3.05) is 36.0 Å². The highest BCUT2D eigenvalue weighted by Crippen LogP contribution is 2.28. The number of rotatable bonds is 3. The second kappa shape index (κ2) is 6.22.